The molecular weight excluding hydrogens is 491 g/mol. The van der Waals surface area contributed by atoms with Crippen LogP contribution in [0, 0.1) is 3.57 Å². The molecular formula is C16H14BrIN2O4. The SMILES string of the molecule is COc1ccc(C(=O)NNC(=O)c2cc(Br)ccc2OC)cc1I. The quantitative estimate of drug-likeness (QED) is 0.495. The zero-order valence-corrected chi connectivity index (χ0v) is 16.6. The molecule has 0 aromatic heterocycles. The Hall–Kier alpha value is -1.81. The van der Waals surface area contributed by atoms with Crippen molar-refractivity contribution in [2.75, 3.05) is 14.2 Å². The predicted octanol–water partition coefficient (Wildman–Crippen LogP) is 3.15. The number of hydrogen-bond acceptors (Lipinski definition) is 4. The molecule has 0 saturated carbocycles. The second-order valence-corrected chi connectivity index (χ2v) is 6.68. The van der Waals surface area contributed by atoms with Crippen LogP contribution in [0.15, 0.2) is 40.9 Å². The van der Waals surface area contributed by atoms with Crippen molar-refractivity contribution in [2.24, 2.45) is 0 Å². The molecule has 0 radical (unpaired) electrons. The lowest BCUT2D eigenvalue weighted by molar-refractivity contribution is 0.0845. The summed E-state index contributed by atoms with van der Waals surface area (Å²) in [6.07, 6.45) is 0. The first kappa shape index (κ1) is 18.5. The second kappa shape index (κ2) is 8.34. The molecule has 6 nitrogen and oxygen atoms in total. The van der Waals surface area contributed by atoms with E-state index in [0.717, 1.165) is 8.04 Å². The van der Waals surface area contributed by atoms with Crippen molar-refractivity contribution in [3.63, 3.8) is 0 Å². The molecule has 0 spiro atoms. The third-order valence-electron chi connectivity index (χ3n) is 3.11. The van der Waals surface area contributed by atoms with E-state index in [0.29, 0.717) is 22.6 Å². The number of benzene rings is 2. The first-order valence-corrected chi connectivity index (χ1v) is 8.61. The number of carbonyl (C=O) groups is 2. The molecule has 2 aromatic carbocycles. The van der Waals surface area contributed by atoms with Gasteiger partial charge in [-0.2, -0.15) is 0 Å². The fourth-order valence-electron chi connectivity index (χ4n) is 1.92. The molecule has 0 aliphatic rings. The molecule has 2 N–H and O–H groups in total. The fourth-order valence-corrected chi connectivity index (χ4v) is 3.01. The third kappa shape index (κ3) is 4.38. The highest BCUT2D eigenvalue weighted by Crippen LogP contribution is 2.23. The minimum atomic E-state index is -0.482. The zero-order chi connectivity index (χ0) is 17.7. The number of rotatable bonds is 4. The van der Waals surface area contributed by atoms with Crippen molar-refractivity contribution < 1.29 is 19.1 Å². The van der Waals surface area contributed by atoms with Crippen molar-refractivity contribution in [3.8, 4) is 11.5 Å². The lowest BCUT2D eigenvalue weighted by Gasteiger charge is -2.11. The lowest BCUT2D eigenvalue weighted by Crippen LogP contribution is -2.41. The van der Waals surface area contributed by atoms with Gasteiger partial charge < -0.3 is 9.47 Å². The minimum Gasteiger partial charge on any atom is -0.496 e. The molecule has 0 unspecified atom stereocenters. The summed E-state index contributed by atoms with van der Waals surface area (Å²) >= 11 is 5.37. The number of amides is 2. The van der Waals surface area contributed by atoms with E-state index >= 15 is 0 Å². The van der Waals surface area contributed by atoms with Crippen LogP contribution < -0.4 is 20.3 Å². The average molecular weight is 505 g/mol. The van der Waals surface area contributed by atoms with E-state index in [1.807, 2.05) is 0 Å². The van der Waals surface area contributed by atoms with Crippen LogP contribution in [0.1, 0.15) is 20.7 Å². The summed E-state index contributed by atoms with van der Waals surface area (Å²) < 4.78 is 11.8. The summed E-state index contributed by atoms with van der Waals surface area (Å²) in [5.74, 6) is 0.168. The van der Waals surface area contributed by atoms with Crippen molar-refractivity contribution in [2.45, 2.75) is 0 Å². The number of halogens is 2. The molecule has 0 atom stereocenters. The van der Waals surface area contributed by atoms with Crippen LogP contribution in [-0.4, -0.2) is 26.0 Å². The van der Waals surface area contributed by atoms with Gasteiger partial charge in [0.05, 0.1) is 23.4 Å². The number of hydrogen-bond donors (Lipinski definition) is 2. The summed E-state index contributed by atoms with van der Waals surface area (Å²) in [5, 5.41) is 0. The summed E-state index contributed by atoms with van der Waals surface area (Å²) in [5.41, 5.74) is 5.46. The van der Waals surface area contributed by atoms with Gasteiger partial charge in [-0.3, -0.25) is 20.4 Å². The maximum atomic E-state index is 12.2. The maximum absolute atomic E-state index is 12.2. The summed E-state index contributed by atoms with van der Waals surface area (Å²) in [6.45, 7) is 0. The Morgan fingerprint density at radius 3 is 2.21 bits per heavy atom. The molecule has 0 saturated heterocycles. The average Bonchev–Trinajstić information content (AvgIpc) is 2.59. The molecule has 0 bridgehead atoms. The fraction of sp³-hybridized carbons (Fsp3) is 0.125. The monoisotopic (exact) mass is 504 g/mol. The number of nitrogens with one attached hydrogen (secondary N) is 2. The van der Waals surface area contributed by atoms with E-state index in [-0.39, 0.29) is 0 Å². The predicted molar refractivity (Wildman–Crippen MR) is 101 cm³/mol. The van der Waals surface area contributed by atoms with Crippen LogP contribution in [0.25, 0.3) is 0 Å². The Morgan fingerprint density at radius 1 is 0.958 bits per heavy atom. The highest BCUT2D eigenvalue weighted by atomic mass is 127. The largest absolute Gasteiger partial charge is 0.496 e. The van der Waals surface area contributed by atoms with E-state index in [2.05, 4.69) is 49.4 Å². The molecule has 2 aromatic rings. The lowest BCUT2D eigenvalue weighted by atomic mass is 10.2. The summed E-state index contributed by atoms with van der Waals surface area (Å²) in [7, 11) is 3.03. The first-order valence-electron chi connectivity index (χ1n) is 6.74. The van der Waals surface area contributed by atoms with Gasteiger partial charge >= 0.3 is 0 Å². The summed E-state index contributed by atoms with van der Waals surface area (Å²) in [4.78, 5) is 24.4. The van der Waals surface area contributed by atoms with Crippen LogP contribution >= 0.6 is 38.5 Å². The molecule has 126 valence electrons. The maximum Gasteiger partial charge on any atom is 0.273 e. The van der Waals surface area contributed by atoms with Gasteiger partial charge in [-0.05, 0) is 59.0 Å². The number of carbonyl (C=O) groups excluding carboxylic acids is 2. The second-order valence-electron chi connectivity index (χ2n) is 4.60. The Balaban J connectivity index is 2.07. The molecule has 0 aliphatic carbocycles. The Labute approximate surface area is 161 Å². The first-order chi connectivity index (χ1) is 11.5. The highest BCUT2D eigenvalue weighted by molar-refractivity contribution is 14.1. The van der Waals surface area contributed by atoms with Crippen LogP contribution in [0.4, 0.5) is 0 Å². The van der Waals surface area contributed by atoms with Gasteiger partial charge in [0, 0.05) is 10.0 Å². The molecule has 2 rings (SSSR count). The van der Waals surface area contributed by atoms with Gasteiger partial charge in [-0.1, -0.05) is 15.9 Å². The highest BCUT2D eigenvalue weighted by Gasteiger charge is 2.15. The number of methoxy groups -OCH3 is 2. The van der Waals surface area contributed by atoms with Crippen LogP contribution in [0.5, 0.6) is 11.5 Å². The molecule has 0 aliphatic heterocycles. The molecule has 24 heavy (non-hydrogen) atoms. The molecule has 2 amide bonds. The molecule has 0 heterocycles. The van der Waals surface area contributed by atoms with Gasteiger partial charge in [0.2, 0.25) is 0 Å². The third-order valence-corrected chi connectivity index (χ3v) is 4.45. The van der Waals surface area contributed by atoms with E-state index in [4.69, 9.17) is 9.47 Å². The van der Waals surface area contributed by atoms with Crippen molar-refractivity contribution >= 4 is 50.3 Å². The number of hydrazine groups is 1. The smallest absolute Gasteiger partial charge is 0.273 e. The normalized spacial score (nSPS) is 10.0. The molecule has 0 fully saturated rings. The van der Waals surface area contributed by atoms with Gasteiger partial charge in [0.1, 0.15) is 11.5 Å². The van der Waals surface area contributed by atoms with Crippen molar-refractivity contribution in [1.29, 1.82) is 0 Å². The zero-order valence-electron chi connectivity index (χ0n) is 12.9. The Morgan fingerprint density at radius 2 is 1.58 bits per heavy atom. The Kier molecular flexibility index (Phi) is 6.44. The minimum absolute atomic E-state index is 0.302. The van der Waals surface area contributed by atoms with Gasteiger partial charge in [-0.15, -0.1) is 0 Å². The van der Waals surface area contributed by atoms with E-state index in [9.17, 15) is 9.59 Å². The van der Waals surface area contributed by atoms with Gasteiger partial charge in [-0.25, -0.2) is 0 Å². The van der Waals surface area contributed by atoms with Crippen molar-refractivity contribution in [1.82, 2.24) is 10.9 Å². The topological polar surface area (TPSA) is 76.7 Å². The van der Waals surface area contributed by atoms with Crippen LogP contribution in [0.2, 0.25) is 0 Å². The molecule has 8 heteroatoms. The van der Waals surface area contributed by atoms with E-state index in [1.165, 1.54) is 7.11 Å². The van der Waals surface area contributed by atoms with Gasteiger partial charge in [0.15, 0.2) is 0 Å². The van der Waals surface area contributed by atoms with E-state index in [1.54, 1.807) is 43.5 Å². The van der Waals surface area contributed by atoms with Gasteiger partial charge in [0.25, 0.3) is 11.8 Å². The van der Waals surface area contributed by atoms with Crippen LogP contribution in [-0.2, 0) is 0 Å². The van der Waals surface area contributed by atoms with Crippen molar-refractivity contribution in [3.05, 3.63) is 55.6 Å². The standard InChI is InChI=1S/C16H14BrIN2O4/c1-23-13-6-4-10(17)8-11(13)16(22)20-19-15(21)9-3-5-14(24-2)12(18)7-9/h3-8H,1-2H3,(H,19,21)(H,20,22). The summed E-state index contributed by atoms with van der Waals surface area (Å²) in [6, 6.07) is 10.00. The van der Waals surface area contributed by atoms with Crippen LogP contribution in [0.3, 0.4) is 0 Å². The van der Waals surface area contributed by atoms with E-state index < -0.39 is 11.8 Å². The Bertz CT molecular complexity index is 783. The number of ether oxygens (including phenoxy) is 2.